The summed E-state index contributed by atoms with van der Waals surface area (Å²) >= 11 is 0. The van der Waals surface area contributed by atoms with E-state index in [-0.39, 0.29) is 12.4 Å². The number of carboxylic acids is 1. The van der Waals surface area contributed by atoms with Gasteiger partial charge in [-0.3, -0.25) is 19.2 Å². The standard InChI is InChI=1S/C30H54O7/c1-30(2,3)37-29(35)25-21-17-13-9-5-8-12-16-20-24-28(34)36-27(33)23-19-15-11-7-4-6-10-14-18-22-26(31)32/h4-25H2,1-3H3,(H,31,32). The summed E-state index contributed by atoms with van der Waals surface area (Å²) in [5, 5.41) is 8.59. The topological polar surface area (TPSA) is 107 Å². The fraction of sp³-hybridized carbons (Fsp3) is 0.867. The lowest BCUT2D eigenvalue weighted by Gasteiger charge is -2.19. The summed E-state index contributed by atoms with van der Waals surface area (Å²) in [4.78, 5) is 45.7. The number of carboxylic acid groups (broad SMARTS) is 1. The zero-order valence-corrected chi connectivity index (χ0v) is 24.0. The maximum atomic E-state index is 11.8. The zero-order valence-electron chi connectivity index (χ0n) is 24.0. The van der Waals surface area contributed by atoms with Crippen LogP contribution >= 0.6 is 0 Å². The molecular formula is C30H54O7. The first-order valence-electron chi connectivity index (χ1n) is 14.8. The minimum Gasteiger partial charge on any atom is -0.481 e. The average molecular weight is 527 g/mol. The Morgan fingerprint density at radius 3 is 1.03 bits per heavy atom. The van der Waals surface area contributed by atoms with Crippen molar-refractivity contribution in [2.75, 3.05) is 0 Å². The largest absolute Gasteiger partial charge is 0.481 e. The van der Waals surface area contributed by atoms with Crippen LogP contribution in [0.3, 0.4) is 0 Å². The van der Waals surface area contributed by atoms with Crippen molar-refractivity contribution in [3.63, 3.8) is 0 Å². The van der Waals surface area contributed by atoms with E-state index in [2.05, 4.69) is 0 Å². The van der Waals surface area contributed by atoms with E-state index in [9.17, 15) is 19.2 Å². The molecule has 0 saturated heterocycles. The summed E-state index contributed by atoms with van der Waals surface area (Å²) in [6.07, 6.45) is 19.8. The van der Waals surface area contributed by atoms with Crippen molar-refractivity contribution >= 4 is 23.9 Å². The van der Waals surface area contributed by atoms with E-state index in [0.717, 1.165) is 103 Å². The van der Waals surface area contributed by atoms with Crippen molar-refractivity contribution in [2.24, 2.45) is 0 Å². The van der Waals surface area contributed by atoms with Crippen molar-refractivity contribution < 1.29 is 33.8 Å². The van der Waals surface area contributed by atoms with Crippen molar-refractivity contribution in [1.29, 1.82) is 0 Å². The maximum absolute atomic E-state index is 11.8. The van der Waals surface area contributed by atoms with Crippen LogP contribution in [0.2, 0.25) is 0 Å². The first-order chi connectivity index (χ1) is 17.6. The molecule has 37 heavy (non-hydrogen) atoms. The van der Waals surface area contributed by atoms with Crippen LogP contribution in [0.1, 0.15) is 162 Å². The van der Waals surface area contributed by atoms with Gasteiger partial charge in [0.15, 0.2) is 0 Å². The molecular weight excluding hydrogens is 472 g/mol. The molecule has 0 heterocycles. The van der Waals surface area contributed by atoms with Gasteiger partial charge in [0.05, 0.1) is 0 Å². The second-order valence-electron chi connectivity index (χ2n) is 11.2. The van der Waals surface area contributed by atoms with E-state index >= 15 is 0 Å². The number of unbranched alkanes of at least 4 members (excludes halogenated alkanes) is 16. The Kier molecular flexibility index (Phi) is 22.0. The number of aliphatic carboxylic acids is 1. The van der Waals surface area contributed by atoms with Crippen molar-refractivity contribution in [2.45, 2.75) is 168 Å². The number of hydrogen-bond donors (Lipinski definition) is 1. The normalized spacial score (nSPS) is 11.3. The van der Waals surface area contributed by atoms with Crippen LogP contribution in [-0.2, 0) is 28.7 Å². The molecule has 0 aromatic rings. The Morgan fingerprint density at radius 1 is 0.459 bits per heavy atom. The van der Waals surface area contributed by atoms with Crippen LogP contribution < -0.4 is 0 Å². The highest BCUT2D eigenvalue weighted by atomic mass is 16.6. The SMILES string of the molecule is CC(C)(C)OC(=O)CCCCCCCCCCCC(=O)OC(=O)CCCCCCCCCCCC(=O)O. The van der Waals surface area contributed by atoms with Gasteiger partial charge in [-0.15, -0.1) is 0 Å². The molecule has 0 saturated carbocycles. The Balaban J connectivity index is 3.40. The Bertz CT molecular complexity index is 622. The molecule has 0 unspecified atom stereocenters. The molecule has 0 spiro atoms. The smallest absolute Gasteiger partial charge is 0.313 e. The number of carbonyl (C=O) groups excluding carboxylic acids is 3. The molecule has 0 fully saturated rings. The van der Waals surface area contributed by atoms with Crippen LogP contribution in [0, 0.1) is 0 Å². The molecule has 0 aliphatic heterocycles. The van der Waals surface area contributed by atoms with Crippen LogP contribution in [0.15, 0.2) is 0 Å². The summed E-state index contributed by atoms with van der Waals surface area (Å²) in [7, 11) is 0. The molecule has 7 nitrogen and oxygen atoms in total. The van der Waals surface area contributed by atoms with Gasteiger partial charge in [-0.05, 0) is 46.5 Å². The van der Waals surface area contributed by atoms with Crippen molar-refractivity contribution in [1.82, 2.24) is 0 Å². The molecule has 0 amide bonds. The molecule has 0 aromatic carbocycles. The van der Waals surface area contributed by atoms with Crippen molar-refractivity contribution in [3.05, 3.63) is 0 Å². The molecule has 0 aromatic heterocycles. The third kappa shape index (κ3) is 28.5. The van der Waals surface area contributed by atoms with Crippen LogP contribution in [0.4, 0.5) is 0 Å². The number of rotatable bonds is 24. The molecule has 0 radical (unpaired) electrons. The highest BCUT2D eigenvalue weighted by Crippen LogP contribution is 2.15. The van der Waals surface area contributed by atoms with Gasteiger partial charge in [0.1, 0.15) is 5.60 Å². The average Bonchev–Trinajstić information content (AvgIpc) is 2.79. The predicted octanol–water partition coefficient (Wildman–Crippen LogP) is 8.06. The van der Waals surface area contributed by atoms with E-state index in [1.54, 1.807) is 0 Å². The van der Waals surface area contributed by atoms with Gasteiger partial charge in [0.2, 0.25) is 0 Å². The van der Waals surface area contributed by atoms with E-state index in [0.29, 0.717) is 19.3 Å². The minimum atomic E-state index is -0.719. The summed E-state index contributed by atoms with van der Waals surface area (Å²) in [6.45, 7) is 5.66. The van der Waals surface area contributed by atoms with Gasteiger partial charge in [0, 0.05) is 25.7 Å². The highest BCUT2D eigenvalue weighted by Gasteiger charge is 2.15. The lowest BCUT2D eigenvalue weighted by Crippen LogP contribution is -2.23. The third-order valence-electron chi connectivity index (χ3n) is 6.18. The molecule has 0 atom stereocenters. The quantitative estimate of drug-likeness (QED) is 0.0769. The molecule has 0 aliphatic rings. The third-order valence-corrected chi connectivity index (χ3v) is 6.18. The Hall–Kier alpha value is -1.92. The first kappa shape index (κ1) is 35.1. The molecule has 7 heteroatoms. The lowest BCUT2D eigenvalue weighted by molar-refractivity contribution is -0.160. The molecule has 216 valence electrons. The lowest BCUT2D eigenvalue weighted by atomic mass is 10.1. The summed E-state index contributed by atoms with van der Waals surface area (Å²) < 4.78 is 10.2. The Labute approximate surface area is 225 Å². The fourth-order valence-electron chi connectivity index (χ4n) is 4.18. The Morgan fingerprint density at radius 2 is 0.730 bits per heavy atom. The molecule has 0 rings (SSSR count). The summed E-state index contributed by atoms with van der Waals surface area (Å²) in [5.41, 5.74) is -0.404. The van der Waals surface area contributed by atoms with Gasteiger partial charge in [-0.25, -0.2) is 0 Å². The minimum absolute atomic E-state index is 0.112. The van der Waals surface area contributed by atoms with Gasteiger partial charge in [0.25, 0.3) is 0 Å². The first-order valence-corrected chi connectivity index (χ1v) is 14.8. The van der Waals surface area contributed by atoms with Crippen LogP contribution in [0.25, 0.3) is 0 Å². The van der Waals surface area contributed by atoms with Crippen LogP contribution in [0.5, 0.6) is 0 Å². The number of esters is 3. The van der Waals surface area contributed by atoms with Crippen LogP contribution in [-0.4, -0.2) is 34.6 Å². The number of ether oxygens (including phenoxy) is 2. The van der Waals surface area contributed by atoms with E-state index < -0.39 is 23.5 Å². The monoisotopic (exact) mass is 526 g/mol. The second kappa shape index (κ2) is 23.2. The number of hydrogen-bond acceptors (Lipinski definition) is 6. The van der Waals surface area contributed by atoms with Crippen molar-refractivity contribution in [3.8, 4) is 0 Å². The van der Waals surface area contributed by atoms with Gasteiger partial charge >= 0.3 is 23.9 Å². The van der Waals surface area contributed by atoms with Gasteiger partial charge in [-0.2, -0.15) is 0 Å². The maximum Gasteiger partial charge on any atom is 0.313 e. The highest BCUT2D eigenvalue weighted by molar-refractivity contribution is 5.85. The summed E-state index contributed by atoms with van der Waals surface area (Å²) in [5.74, 6) is -1.64. The predicted molar refractivity (Wildman–Crippen MR) is 146 cm³/mol. The van der Waals surface area contributed by atoms with Gasteiger partial charge in [-0.1, -0.05) is 89.9 Å². The molecule has 1 N–H and O–H groups in total. The van der Waals surface area contributed by atoms with E-state index in [1.807, 2.05) is 20.8 Å². The zero-order chi connectivity index (χ0) is 27.8. The van der Waals surface area contributed by atoms with E-state index in [1.165, 1.54) is 12.8 Å². The molecule has 0 aliphatic carbocycles. The fourth-order valence-corrected chi connectivity index (χ4v) is 4.18. The molecule has 0 bridgehead atoms. The number of carbonyl (C=O) groups is 4. The van der Waals surface area contributed by atoms with Gasteiger partial charge < -0.3 is 14.6 Å². The second-order valence-corrected chi connectivity index (χ2v) is 11.2. The van der Waals surface area contributed by atoms with E-state index in [4.69, 9.17) is 14.6 Å². The summed E-state index contributed by atoms with van der Waals surface area (Å²) in [6, 6.07) is 0.